The van der Waals surface area contributed by atoms with Gasteiger partial charge in [-0.1, -0.05) is 34.1 Å². The van der Waals surface area contributed by atoms with E-state index in [9.17, 15) is 4.79 Å². The number of nitrogen functional groups attached to an aromatic ring is 1. The Bertz CT molecular complexity index is 596. The molecule has 0 radical (unpaired) electrons. The van der Waals surface area contributed by atoms with Crippen molar-refractivity contribution in [1.82, 2.24) is 4.98 Å². The summed E-state index contributed by atoms with van der Waals surface area (Å²) in [5.41, 5.74) is 8.27. The van der Waals surface area contributed by atoms with Gasteiger partial charge >= 0.3 is 0 Å². The summed E-state index contributed by atoms with van der Waals surface area (Å²) in [4.78, 5) is 16.1. The Morgan fingerprint density at radius 1 is 1.39 bits per heavy atom. The van der Waals surface area contributed by atoms with Crippen LogP contribution in [0.4, 0.5) is 5.82 Å². The van der Waals surface area contributed by atoms with Gasteiger partial charge in [-0.2, -0.15) is 0 Å². The van der Waals surface area contributed by atoms with Crippen LogP contribution in [0.5, 0.6) is 0 Å². The number of nitrogens with two attached hydrogens (primary N) is 1. The van der Waals surface area contributed by atoms with Crippen LogP contribution in [0, 0.1) is 6.92 Å². The highest BCUT2D eigenvalue weighted by Crippen LogP contribution is 2.19. The van der Waals surface area contributed by atoms with Gasteiger partial charge in [0.1, 0.15) is 5.82 Å². The van der Waals surface area contributed by atoms with Crippen LogP contribution in [0.15, 0.2) is 41.0 Å². The van der Waals surface area contributed by atoms with E-state index in [1.54, 1.807) is 12.3 Å². The number of ketones is 1. The Labute approximate surface area is 114 Å². The van der Waals surface area contributed by atoms with E-state index in [1.165, 1.54) is 0 Å². The monoisotopic (exact) mass is 304 g/mol. The van der Waals surface area contributed by atoms with Gasteiger partial charge in [0.15, 0.2) is 5.78 Å². The number of Topliss-reactive ketones (excluding diaryl/α,β-unsaturated/α-hetero) is 1. The van der Waals surface area contributed by atoms with E-state index in [2.05, 4.69) is 20.9 Å². The normalized spacial score (nSPS) is 10.3. The zero-order chi connectivity index (χ0) is 13.1. The molecule has 2 rings (SSSR count). The summed E-state index contributed by atoms with van der Waals surface area (Å²) in [7, 11) is 0. The van der Waals surface area contributed by atoms with Gasteiger partial charge in [0.25, 0.3) is 0 Å². The Kier molecular flexibility index (Phi) is 3.77. The van der Waals surface area contributed by atoms with Crippen LogP contribution in [-0.2, 0) is 6.42 Å². The number of rotatable bonds is 3. The molecule has 0 aliphatic rings. The highest BCUT2D eigenvalue weighted by atomic mass is 79.9. The SMILES string of the molecule is Cc1ccc(C(=O)Cc2cccnc2N)cc1Br. The molecule has 0 aliphatic heterocycles. The lowest BCUT2D eigenvalue weighted by Crippen LogP contribution is -2.07. The van der Waals surface area contributed by atoms with Crippen LogP contribution in [0.1, 0.15) is 21.5 Å². The van der Waals surface area contributed by atoms with Crippen molar-refractivity contribution in [3.05, 3.63) is 57.7 Å². The lowest BCUT2D eigenvalue weighted by Gasteiger charge is -2.05. The van der Waals surface area contributed by atoms with Crippen LogP contribution in [0.2, 0.25) is 0 Å². The van der Waals surface area contributed by atoms with E-state index in [4.69, 9.17) is 5.73 Å². The molecule has 2 N–H and O–H groups in total. The second-order valence-electron chi connectivity index (χ2n) is 4.11. The zero-order valence-electron chi connectivity index (χ0n) is 9.98. The fourth-order valence-electron chi connectivity index (χ4n) is 1.64. The van der Waals surface area contributed by atoms with Crippen LogP contribution < -0.4 is 5.73 Å². The fraction of sp³-hybridized carbons (Fsp3) is 0.143. The molecule has 0 bridgehead atoms. The Morgan fingerprint density at radius 2 is 2.17 bits per heavy atom. The molecule has 0 amide bonds. The number of aryl methyl sites for hydroxylation is 1. The summed E-state index contributed by atoms with van der Waals surface area (Å²) in [6.45, 7) is 1.98. The number of hydrogen-bond acceptors (Lipinski definition) is 3. The lowest BCUT2D eigenvalue weighted by atomic mass is 10.0. The molecule has 1 aromatic heterocycles. The van der Waals surface area contributed by atoms with Crippen LogP contribution in [0.25, 0.3) is 0 Å². The van der Waals surface area contributed by atoms with E-state index in [0.717, 1.165) is 15.6 Å². The molecule has 0 aliphatic carbocycles. The third-order valence-electron chi connectivity index (χ3n) is 2.77. The van der Waals surface area contributed by atoms with E-state index >= 15 is 0 Å². The van der Waals surface area contributed by atoms with Crippen molar-refractivity contribution in [2.24, 2.45) is 0 Å². The second-order valence-corrected chi connectivity index (χ2v) is 4.97. The van der Waals surface area contributed by atoms with E-state index in [0.29, 0.717) is 11.4 Å². The van der Waals surface area contributed by atoms with Gasteiger partial charge in [0.2, 0.25) is 0 Å². The minimum absolute atomic E-state index is 0.0374. The van der Waals surface area contributed by atoms with E-state index < -0.39 is 0 Å². The summed E-state index contributed by atoms with van der Waals surface area (Å²) in [6, 6.07) is 9.19. The first-order valence-electron chi connectivity index (χ1n) is 5.56. The predicted octanol–water partition coefficient (Wildman–Crippen LogP) is 3.16. The van der Waals surface area contributed by atoms with Gasteiger partial charge in [0.05, 0.1) is 0 Å². The number of halogens is 1. The Morgan fingerprint density at radius 3 is 2.83 bits per heavy atom. The van der Waals surface area contributed by atoms with Gasteiger partial charge < -0.3 is 5.73 Å². The molecule has 1 aromatic carbocycles. The summed E-state index contributed by atoms with van der Waals surface area (Å²) >= 11 is 3.42. The van der Waals surface area contributed by atoms with Crippen molar-refractivity contribution in [3.63, 3.8) is 0 Å². The number of carbonyl (C=O) groups excluding carboxylic acids is 1. The topological polar surface area (TPSA) is 56.0 Å². The van der Waals surface area contributed by atoms with Crippen LogP contribution in [0.3, 0.4) is 0 Å². The summed E-state index contributed by atoms with van der Waals surface area (Å²) in [6.07, 6.45) is 1.89. The number of hydrogen-bond donors (Lipinski definition) is 1. The molecule has 2 aromatic rings. The average molecular weight is 305 g/mol. The van der Waals surface area contributed by atoms with Crippen molar-refractivity contribution < 1.29 is 4.79 Å². The maximum atomic E-state index is 12.1. The van der Waals surface area contributed by atoms with Crippen molar-refractivity contribution in [2.45, 2.75) is 13.3 Å². The van der Waals surface area contributed by atoms with Gasteiger partial charge in [-0.05, 0) is 24.6 Å². The smallest absolute Gasteiger partial charge is 0.167 e. The van der Waals surface area contributed by atoms with Crippen molar-refractivity contribution >= 4 is 27.5 Å². The van der Waals surface area contributed by atoms with Crippen LogP contribution in [-0.4, -0.2) is 10.8 Å². The molecular formula is C14H13BrN2O. The number of carbonyl (C=O) groups is 1. The number of benzene rings is 1. The number of anilines is 1. The maximum Gasteiger partial charge on any atom is 0.167 e. The predicted molar refractivity (Wildman–Crippen MR) is 75.6 cm³/mol. The quantitative estimate of drug-likeness (QED) is 0.886. The first-order chi connectivity index (χ1) is 8.58. The number of pyridine rings is 1. The van der Waals surface area contributed by atoms with Crippen molar-refractivity contribution in [1.29, 1.82) is 0 Å². The summed E-state index contributed by atoms with van der Waals surface area (Å²) in [5, 5.41) is 0. The molecule has 0 unspecified atom stereocenters. The third kappa shape index (κ3) is 2.76. The van der Waals surface area contributed by atoms with Gasteiger partial charge in [-0.25, -0.2) is 4.98 Å². The number of aromatic nitrogens is 1. The minimum atomic E-state index is 0.0374. The molecule has 0 saturated heterocycles. The molecule has 4 heteroatoms. The van der Waals surface area contributed by atoms with Crippen LogP contribution >= 0.6 is 15.9 Å². The largest absolute Gasteiger partial charge is 0.383 e. The van der Waals surface area contributed by atoms with Crippen molar-refractivity contribution in [3.8, 4) is 0 Å². The number of nitrogens with zero attached hydrogens (tertiary/aromatic N) is 1. The highest BCUT2D eigenvalue weighted by molar-refractivity contribution is 9.10. The molecule has 0 atom stereocenters. The lowest BCUT2D eigenvalue weighted by molar-refractivity contribution is 0.0993. The van der Waals surface area contributed by atoms with Crippen molar-refractivity contribution in [2.75, 3.05) is 5.73 Å². The molecule has 0 saturated carbocycles. The summed E-state index contributed by atoms with van der Waals surface area (Å²) in [5.74, 6) is 0.451. The maximum absolute atomic E-state index is 12.1. The third-order valence-corrected chi connectivity index (χ3v) is 3.63. The molecule has 0 fully saturated rings. The first-order valence-corrected chi connectivity index (χ1v) is 6.36. The van der Waals surface area contributed by atoms with E-state index in [-0.39, 0.29) is 12.2 Å². The Balaban J connectivity index is 2.22. The molecule has 92 valence electrons. The summed E-state index contributed by atoms with van der Waals surface area (Å²) < 4.78 is 0.938. The molecule has 0 spiro atoms. The van der Waals surface area contributed by atoms with Gasteiger partial charge in [0, 0.05) is 28.2 Å². The zero-order valence-corrected chi connectivity index (χ0v) is 11.6. The van der Waals surface area contributed by atoms with Gasteiger partial charge in [-0.3, -0.25) is 4.79 Å². The van der Waals surface area contributed by atoms with E-state index in [1.807, 2.05) is 31.2 Å². The highest BCUT2D eigenvalue weighted by Gasteiger charge is 2.10. The molecule has 18 heavy (non-hydrogen) atoms. The molecular weight excluding hydrogens is 292 g/mol. The molecule has 1 heterocycles. The molecule has 3 nitrogen and oxygen atoms in total. The standard InChI is InChI=1S/C14H13BrN2O/c1-9-4-5-10(7-12(9)15)13(18)8-11-3-2-6-17-14(11)16/h2-7H,8H2,1H3,(H2,16,17). The van der Waals surface area contributed by atoms with Gasteiger partial charge in [-0.15, -0.1) is 0 Å². The first kappa shape index (κ1) is 12.8. The second kappa shape index (κ2) is 5.31. The minimum Gasteiger partial charge on any atom is -0.383 e. The Hall–Kier alpha value is -1.68. The fourth-order valence-corrected chi connectivity index (χ4v) is 2.02. The average Bonchev–Trinajstić information content (AvgIpc) is 2.35.